The van der Waals surface area contributed by atoms with E-state index in [0.717, 1.165) is 12.3 Å². The van der Waals surface area contributed by atoms with E-state index in [1.54, 1.807) is 31.2 Å². The molecule has 0 unspecified atom stereocenters. The third-order valence-electron chi connectivity index (χ3n) is 3.20. The number of hydrogen-bond donors (Lipinski definition) is 1. The normalized spacial score (nSPS) is 11.3. The van der Waals surface area contributed by atoms with Crippen LogP contribution in [-0.2, 0) is 16.3 Å². The number of hydrogen-bond acceptors (Lipinski definition) is 4. The van der Waals surface area contributed by atoms with Crippen molar-refractivity contribution in [3.05, 3.63) is 52.5 Å². The van der Waals surface area contributed by atoms with Gasteiger partial charge in [0.05, 0.1) is 5.56 Å². The molecule has 0 atom stereocenters. The molecule has 0 amide bonds. The highest BCUT2D eigenvalue weighted by atomic mass is 35.5. The Bertz CT molecular complexity index is 859. The molecule has 0 aliphatic carbocycles. The molecule has 0 bridgehead atoms. The van der Waals surface area contributed by atoms with E-state index in [2.05, 4.69) is 0 Å². The van der Waals surface area contributed by atoms with Crippen molar-refractivity contribution in [1.29, 1.82) is 0 Å². The molecule has 23 heavy (non-hydrogen) atoms. The highest BCUT2D eigenvalue weighted by molar-refractivity contribution is 7.90. The van der Waals surface area contributed by atoms with Gasteiger partial charge in [0.2, 0.25) is 0 Å². The van der Waals surface area contributed by atoms with Crippen molar-refractivity contribution in [2.75, 3.05) is 6.26 Å². The first-order chi connectivity index (χ1) is 10.7. The second-order valence-electron chi connectivity index (χ2n) is 4.95. The van der Waals surface area contributed by atoms with Crippen LogP contribution in [0.2, 0.25) is 5.02 Å². The Morgan fingerprint density at radius 2 is 1.96 bits per heavy atom. The maximum absolute atomic E-state index is 12.0. The molecule has 2 aromatic carbocycles. The lowest BCUT2D eigenvalue weighted by molar-refractivity contribution is 0.0695. The third-order valence-corrected chi connectivity index (χ3v) is 4.56. The summed E-state index contributed by atoms with van der Waals surface area (Å²) in [5, 5.41) is 9.70. The fourth-order valence-electron chi connectivity index (χ4n) is 2.12. The number of benzene rings is 2. The number of carbonyl (C=O) groups is 1. The SMILES string of the molecule is CCc1cc(Oc2cccc(Cl)c2)c(S(C)(=O)=O)cc1C(=O)O. The number of aromatic carboxylic acids is 1. The molecule has 1 N–H and O–H groups in total. The van der Waals surface area contributed by atoms with Gasteiger partial charge in [-0.3, -0.25) is 0 Å². The number of carboxylic acids is 1. The van der Waals surface area contributed by atoms with Crippen LogP contribution in [0.4, 0.5) is 0 Å². The van der Waals surface area contributed by atoms with E-state index < -0.39 is 15.8 Å². The highest BCUT2D eigenvalue weighted by Crippen LogP contribution is 2.33. The number of carboxylic acid groups (broad SMARTS) is 1. The number of halogens is 1. The Hall–Kier alpha value is -2.05. The smallest absolute Gasteiger partial charge is 0.336 e. The number of rotatable bonds is 5. The van der Waals surface area contributed by atoms with Crippen molar-refractivity contribution in [1.82, 2.24) is 0 Å². The molecular formula is C16H15ClO5S. The van der Waals surface area contributed by atoms with Gasteiger partial charge in [-0.1, -0.05) is 24.6 Å². The fraction of sp³-hybridized carbons (Fsp3) is 0.188. The zero-order valence-electron chi connectivity index (χ0n) is 12.5. The summed E-state index contributed by atoms with van der Waals surface area (Å²) in [5.74, 6) is -0.731. The summed E-state index contributed by atoms with van der Waals surface area (Å²) in [7, 11) is -3.67. The van der Waals surface area contributed by atoms with E-state index >= 15 is 0 Å². The molecule has 7 heteroatoms. The highest BCUT2D eigenvalue weighted by Gasteiger charge is 2.21. The van der Waals surface area contributed by atoms with Crippen molar-refractivity contribution in [3.8, 4) is 11.5 Å². The van der Waals surface area contributed by atoms with Gasteiger partial charge in [0.1, 0.15) is 16.4 Å². The van der Waals surface area contributed by atoms with Gasteiger partial charge in [0, 0.05) is 11.3 Å². The van der Waals surface area contributed by atoms with Crippen LogP contribution in [0.5, 0.6) is 11.5 Å². The van der Waals surface area contributed by atoms with E-state index in [4.69, 9.17) is 16.3 Å². The molecule has 0 saturated carbocycles. The maximum atomic E-state index is 12.0. The Labute approximate surface area is 139 Å². The number of sulfone groups is 1. The third kappa shape index (κ3) is 4.03. The van der Waals surface area contributed by atoms with Crippen LogP contribution in [0.25, 0.3) is 0 Å². The Morgan fingerprint density at radius 1 is 1.26 bits per heavy atom. The summed E-state index contributed by atoms with van der Waals surface area (Å²) in [6.45, 7) is 1.78. The maximum Gasteiger partial charge on any atom is 0.336 e. The second kappa shape index (κ2) is 6.60. The van der Waals surface area contributed by atoms with Crippen LogP contribution in [0.15, 0.2) is 41.3 Å². The van der Waals surface area contributed by atoms with Gasteiger partial charge >= 0.3 is 5.97 Å². The molecule has 0 aliphatic rings. The predicted octanol–water partition coefficient (Wildman–Crippen LogP) is 3.80. The van der Waals surface area contributed by atoms with Crippen LogP contribution in [0.1, 0.15) is 22.8 Å². The monoisotopic (exact) mass is 354 g/mol. The lowest BCUT2D eigenvalue weighted by Crippen LogP contribution is -2.08. The first-order valence-electron chi connectivity index (χ1n) is 6.76. The van der Waals surface area contributed by atoms with E-state index in [0.29, 0.717) is 22.8 Å². The van der Waals surface area contributed by atoms with E-state index in [1.807, 2.05) is 0 Å². The van der Waals surface area contributed by atoms with Crippen molar-refractivity contribution in [2.45, 2.75) is 18.2 Å². The van der Waals surface area contributed by atoms with Gasteiger partial charge in [-0.2, -0.15) is 0 Å². The van der Waals surface area contributed by atoms with Crippen LogP contribution >= 0.6 is 11.6 Å². The topological polar surface area (TPSA) is 80.7 Å². The van der Waals surface area contributed by atoms with Gasteiger partial charge in [-0.05, 0) is 42.3 Å². The molecule has 122 valence electrons. The lowest BCUT2D eigenvalue weighted by atomic mass is 10.0. The molecule has 0 aliphatic heterocycles. The zero-order valence-corrected chi connectivity index (χ0v) is 14.1. The van der Waals surface area contributed by atoms with Gasteiger partial charge < -0.3 is 9.84 Å². The van der Waals surface area contributed by atoms with Gasteiger partial charge in [0.15, 0.2) is 9.84 Å². The molecule has 0 spiro atoms. The largest absolute Gasteiger partial charge is 0.478 e. The molecule has 0 aromatic heterocycles. The fourth-order valence-corrected chi connectivity index (χ4v) is 3.10. The average molecular weight is 355 g/mol. The van der Waals surface area contributed by atoms with Crippen molar-refractivity contribution in [3.63, 3.8) is 0 Å². The van der Waals surface area contributed by atoms with Crippen LogP contribution < -0.4 is 4.74 Å². The first-order valence-corrected chi connectivity index (χ1v) is 9.03. The number of aryl methyl sites for hydroxylation is 1. The zero-order chi connectivity index (χ0) is 17.2. The first kappa shape index (κ1) is 17.3. The molecule has 0 radical (unpaired) electrons. The van der Waals surface area contributed by atoms with Crippen LogP contribution in [-0.4, -0.2) is 25.7 Å². The molecule has 0 saturated heterocycles. The Morgan fingerprint density at radius 3 is 2.48 bits per heavy atom. The van der Waals surface area contributed by atoms with E-state index in [-0.39, 0.29) is 16.2 Å². The lowest BCUT2D eigenvalue weighted by Gasteiger charge is -2.14. The summed E-state index contributed by atoms with van der Waals surface area (Å²) < 4.78 is 29.6. The number of ether oxygens (including phenoxy) is 1. The minimum absolute atomic E-state index is 0.0497. The van der Waals surface area contributed by atoms with Crippen LogP contribution in [0, 0.1) is 0 Å². The summed E-state index contributed by atoms with van der Waals surface area (Å²) in [4.78, 5) is 11.1. The molecule has 5 nitrogen and oxygen atoms in total. The van der Waals surface area contributed by atoms with Crippen LogP contribution in [0.3, 0.4) is 0 Å². The summed E-state index contributed by atoms with van der Waals surface area (Å²) in [6, 6.07) is 9.09. The molecule has 2 aromatic rings. The quantitative estimate of drug-likeness (QED) is 0.883. The second-order valence-corrected chi connectivity index (χ2v) is 7.37. The van der Waals surface area contributed by atoms with E-state index in [9.17, 15) is 18.3 Å². The minimum Gasteiger partial charge on any atom is -0.478 e. The Balaban J connectivity index is 2.63. The van der Waals surface area contributed by atoms with Crippen molar-refractivity contribution in [2.24, 2.45) is 0 Å². The average Bonchev–Trinajstić information content (AvgIpc) is 2.45. The van der Waals surface area contributed by atoms with Crippen molar-refractivity contribution < 1.29 is 23.1 Å². The summed E-state index contributed by atoms with van der Waals surface area (Å²) >= 11 is 5.89. The van der Waals surface area contributed by atoms with Gasteiger partial charge in [0.25, 0.3) is 0 Å². The molecule has 2 rings (SSSR count). The summed E-state index contributed by atoms with van der Waals surface area (Å²) in [5.41, 5.74) is 0.438. The van der Waals surface area contributed by atoms with Gasteiger partial charge in [-0.25, -0.2) is 13.2 Å². The Kier molecular flexibility index (Phi) is 4.97. The van der Waals surface area contributed by atoms with Crippen molar-refractivity contribution >= 4 is 27.4 Å². The standard InChI is InChI=1S/C16H15ClO5S/c1-3-10-7-14(22-12-6-4-5-11(17)8-12)15(23(2,20)21)9-13(10)16(18)19/h4-9H,3H2,1-2H3,(H,18,19). The minimum atomic E-state index is -3.67. The molecule has 0 heterocycles. The van der Waals surface area contributed by atoms with E-state index in [1.165, 1.54) is 6.07 Å². The van der Waals surface area contributed by atoms with Gasteiger partial charge in [-0.15, -0.1) is 0 Å². The molecular weight excluding hydrogens is 340 g/mol. The molecule has 0 fully saturated rings. The summed E-state index contributed by atoms with van der Waals surface area (Å²) in [6.07, 6.45) is 1.43. The predicted molar refractivity (Wildman–Crippen MR) is 87.4 cm³/mol.